The van der Waals surface area contributed by atoms with Crippen LogP contribution in [0.4, 0.5) is 0 Å². The molecule has 1 nitrogen and oxygen atoms in total. The van der Waals surface area contributed by atoms with Gasteiger partial charge in [-0.2, -0.15) is 0 Å². The van der Waals surface area contributed by atoms with E-state index in [0.717, 1.165) is 11.3 Å². The van der Waals surface area contributed by atoms with Crippen molar-refractivity contribution in [3.05, 3.63) is 29.3 Å². The lowest BCUT2D eigenvalue weighted by molar-refractivity contribution is 0.181. The molecule has 1 saturated carbocycles. The van der Waals surface area contributed by atoms with Crippen molar-refractivity contribution >= 4 is 11.6 Å². The Bertz CT molecular complexity index is 354. The molecule has 0 spiro atoms. The number of ether oxygens (including phenoxy) is 1. The molecule has 0 aromatic heterocycles. The van der Waals surface area contributed by atoms with Crippen molar-refractivity contribution in [1.29, 1.82) is 0 Å². The van der Waals surface area contributed by atoms with Crippen molar-refractivity contribution in [2.45, 2.75) is 57.4 Å². The normalized spacial score (nSPS) is 17.8. The van der Waals surface area contributed by atoms with E-state index < -0.39 is 0 Å². The molecule has 94 valence electrons. The highest BCUT2D eigenvalue weighted by atomic mass is 35.5. The van der Waals surface area contributed by atoms with Crippen LogP contribution < -0.4 is 4.74 Å². The molecular formula is C15H21ClO. The van der Waals surface area contributed by atoms with Crippen molar-refractivity contribution in [2.24, 2.45) is 0 Å². The van der Waals surface area contributed by atoms with Crippen LogP contribution in [0.1, 0.15) is 49.7 Å². The number of halogens is 1. The molecule has 0 radical (unpaired) electrons. The van der Waals surface area contributed by atoms with Crippen LogP contribution in [0.25, 0.3) is 0 Å². The maximum atomic E-state index is 6.20. The van der Waals surface area contributed by atoms with Crippen molar-refractivity contribution in [3.8, 4) is 5.75 Å². The van der Waals surface area contributed by atoms with E-state index in [0.29, 0.717) is 12.0 Å². The molecule has 0 aliphatic heterocycles. The van der Waals surface area contributed by atoms with Gasteiger partial charge < -0.3 is 4.74 Å². The lowest BCUT2D eigenvalue weighted by Crippen LogP contribution is -2.16. The Balaban J connectivity index is 2.11. The second kappa shape index (κ2) is 6.30. The summed E-state index contributed by atoms with van der Waals surface area (Å²) in [5.74, 6) is 1.55. The van der Waals surface area contributed by atoms with Gasteiger partial charge in [0.25, 0.3) is 0 Å². The van der Waals surface area contributed by atoms with Gasteiger partial charge in [0.05, 0.1) is 12.0 Å². The number of benzene rings is 1. The van der Waals surface area contributed by atoms with Crippen molar-refractivity contribution in [1.82, 2.24) is 0 Å². The largest absolute Gasteiger partial charge is 0.490 e. The van der Waals surface area contributed by atoms with Crippen LogP contribution in [-0.2, 0) is 5.88 Å². The second-order valence-electron chi connectivity index (χ2n) is 4.93. The zero-order chi connectivity index (χ0) is 12.1. The van der Waals surface area contributed by atoms with Gasteiger partial charge in [0.1, 0.15) is 5.75 Å². The molecule has 0 heterocycles. The Kier molecular flexibility index (Phi) is 4.73. The summed E-state index contributed by atoms with van der Waals surface area (Å²) < 4.78 is 6.20. The van der Waals surface area contributed by atoms with Crippen LogP contribution >= 0.6 is 11.6 Å². The van der Waals surface area contributed by atoms with Crippen LogP contribution in [-0.4, -0.2) is 6.10 Å². The van der Waals surface area contributed by atoms with Gasteiger partial charge in [-0.1, -0.05) is 31.0 Å². The number of hydrogen-bond acceptors (Lipinski definition) is 1. The van der Waals surface area contributed by atoms with Crippen LogP contribution in [0.5, 0.6) is 5.75 Å². The number of alkyl halides is 1. The van der Waals surface area contributed by atoms with E-state index in [1.165, 1.54) is 44.1 Å². The second-order valence-corrected chi connectivity index (χ2v) is 5.20. The first-order valence-corrected chi connectivity index (χ1v) is 7.16. The van der Waals surface area contributed by atoms with Gasteiger partial charge in [-0.25, -0.2) is 0 Å². The Morgan fingerprint density at radius 2 is 1.88 bits per heavy atom. The van der Waals surface area contributed by atoms with Gasteiger partial charge in [0.2, 0.25) is 0 Å². The fraction of sp³-hybridized carbons (Fsp3) is 0.600. The quantitative estimate of drug-likeness (QED) is 0.553. The summed E-state index contributed by atoms with van der Waals surface area (Å²) >= 11 is 5.97. The SMILES string of the molecule is Cc1cccc(CCl)c1OC1CCCCCC1. The van der Waals surface area contributed by atoms with Crippen LogP contribution in [0.2, 0.25) is 0 Å². The molecule has 0 atom stereocenters. The van der Waals surface area contributed by atoms with Gasteiger partial charge in [-0.3, -0.25) is 0 Å². The average Bonchev–Trinajstić information content (AvgIpc) is 2.60. The average molecular weight is 253 g/mol. The minimum absolute atomic E-state index is 0.389. The molecule has 0 N–H and O–H groups in total. The third-order valence-corrected chi connectivity index (χ3v) is 3.81. The summed E-state index contributed by atoms with van der Waals surface area (Å²) in [6.07, 6.45) is 8.08. The minimum Gasteiger partial charge on any atom is -0.490 e. The monoisotopic (exact) mass is 252 g/mol. The molecule has 1 aromatic carbocycles. The highest BCUT2D eigenvalue weighted by molar-refractivity contribution is 6.17. The standard InChI is InChI=1S/C15H21ClO/c1-12-7-6-8-13(11-16)15(12)17-14-9-4-2-3-5-10-14/h6-8,14H,2-5,9-11H2,1H3. The van der Waals surface area contributed by atoms with E-state index in [-0.39, 0.29) is 0 Å². The van der Waals surface area contributed by atoms with E-state index in [1.807, 2.05) is 6.07 Å². The molecule has 2 heteroatoms. The van der Waals surface area contributed by atoms with Crippen molar-refractivity contribution < 1.29 is 4.74 Å². The Labute approximate surface area is 109 Å². The highest BCUT2D eigenvalue weighted by Gasteiger charge is 2.16. The molecule has 0 amide bonds. The first kappa shape index (κ1) is 12.8. The van der Waals surface area contributed by atoms with E-state index in [1.54, 1.807) is 0 Å². The predicted octanol–water partition coefficient (Wildman–Crippen LogP) is 4.84. The summed E-state index contributed by atoms with van der Waals surface area (Å²) in [4.78, 5) is 0. The zero-order valence-electron chi connectivity index (χ0n) is 10.5. The predicted molar refractivity (Wildman–Crippen MR) is 72.9 cm³/mol. The Hall–Kier alpha value is -0.690. The number of para-hydroxylation sites is 1. The third kappa shape index (κ3) is 3.38. The first-order chi connectivity index (χ1) is 8.31. The molecule has 17 heavy (non-hydrogen) atoms. The first-order valence-electron chi connectivity index (χ1n) is 6.62. The molecule has 0 unspecified atom stereocenters. The fourth-order valence-corrected chi connectivity index (χ4v) is 2.72. The molecule has 1 aromatic rings. The van der Waals surface area contributed by atoms with Gasteiger partial charge in [-0.05, 0) is 38.2 Å². The summed E-state index contributed by atoms with van der Waals surface area (Å²) in [6.45, 7) is 2.10. The van der Waals surface area contributed by atoms with Crippen LogP contribution in [0.15, 0.2) is 18.2 Å². The Morgan fingerprint density at radius 1 is 1.18 bits per heavy atom. The maximum absolute atomic E-state index is 6.20. The number of rotatable bonds is 3. The zero-order valence-corrected chi connectivity index (χ0v) is 11.3. The fourth-order valence-electron chi connectivity index (χ4n) is 2.51. The Morgan fingerprint density at radius 3 is 2.53 bits per heavy atom. The molecule has 0 saturated heterocycles. The molecule has 2 rings (SSSR count). The van der Waals surface area contributed by atoms with Crippen molar-refractivity contribution in [2.75, 3.05) is 0 Å². The minimum atomic E-state index is 0.389. The van der Waals surface area contributed by atoms with Gasteiger partial charge in [0, 0.05) is 5.56 Å². The summed E-state index contributed by atoms with van der Waals surface area (Å²) in [6, 6.07) is 6.21. The number of aryl methyl sites for hydroxylation is 1. The van der Waals surface area contributed by atoms with E-state index in [4.69, 9.17) is 16.3 Å². The number of hydrogen-bond donors (Lipinski definition) is 0. The molecule has 0 bridgehead atoms. The summed E-state index contributed by atoms with van der Waals surface area (Å²) in [5.41, 5.74) is 2.32. The maximum Gasteiger partial charge on any atom is 0.127 e. The van der Waals surface area contributed by atoms with E-state index >= 15 is 0 Å². The van der Waals surface area contributed by atoms with Gasteiger partial charge in [-0.15, -0.1) is 11.6 Å². The van der Waals surface area contributed by atoms with E-state index in [9.17, 15) is 0 Å². The lowest BCUT2D eigenvalue weighted by atomic mass is 10.1. The van der Waals surface area contributed by atoms with Crippen LogP contribution in [0, 0.1) is 6.92 Å². The van der Waals surface area contributed by atoms with E-state index in [2.05, 4.69) is 19.1 Å². The smallest absolute Gasteiger partial charge is 0.127 e. The summed E-state index contributed by atoms with van der Waals surface area (Å²) in [5, 5.41) is 0. The van der Waals surface area contributed by atoms with Crippen LogP contribution in [0.3, 0.4) is 0 Å². The molecule has 1 fully saturated rings. The van der Waals surface area contributed by atoms with Crippen molar-refractivity contribution in [3.63, 3.8) is 0 Å². The van der Waals surface area contributed by atoms with Gasteiger partial charge in [0.15, 0.2) is 0 Å². The molecule has 1 aliphatic rings. The topological polar surface area (TPSA) is 9.23 Å². The molecular weight excluding hydrogens is 232 g/mol. The van der Waals surface area contributed by atoms with Gasteiger partial charge >= 0.3 is 0 Å². The third-order valence-electron chi connectivity index (χ3n) is 3.52. The highest BCUT2D eigenvalue weighted by Crippen LogP contribution is 2.29. The summed E-state index contributed by atoms with van der Waals surface area (Å²) in [7, 11) is 0. The lowest BCUT2D eigenvalue weighted by Gasteiger charge is -2.20. The molecule has 1 aliphatic carbocycles.